The third-order valence-corrected chi connectivity index (χ3v) is 12.7. The Balaban J connectivity index is 1.47. The Labute approximate surface area is 371 Å². The maximum absolute atomic E-state index is 5.17. The van der Waals surface area contributed by atoms with Gasteiger partial charge in [-0.3, -0.25) is 19.9 Å². The van der Waals surface area contributed by atoms with Crippen LogP contribution in [0.2, 0.25) is 0 Å². The maximum atomic E-state index is 5.17. The fraction of sp³-hybridized carbons (Fsp3) is 0.407. The van der Waals surface area contributed by atoms with E-state index in [0.717, 1.165) is 68.3 Å². The van der Waals surface area contributed by atoms with Crippen molar-refractivity contribution in [1.82, 2.24) is 19.9 Å². The molecule has 6 heterocycles. The molecule has 0 atom stereocenters. The van der Waals surface area contributed by atoms with E-state index >= 15 is 0 Å². The van der Waals surface area contributed by atoms with Gasteiger partial charge in [-0.25, -0.2) is 0 Å². The number of aromatic nitrogens is 4. The minimum Gasteiger partial charge on any atom is -0.313 e. The quantitative estimate of drug-likeness (QED) is 0.170. The smallest absolute Gasteiger partial charge is 0.151 e. The number of pyridine rings is 4. The van der Waals surface area contributed by atoms with Crippen LogP contribution >= 0.6 is 0 Å². The second-order valence-corrected chi connectivity index (χ2v) is 21.8. The predicted molar refractivity (Wildman–Crippen MR) is 260 cm³/mol. The molecule has 0 fully saturated rings. The van der Waals surface area contributed by atoms with Crippen molar-refractivity contribution in [3.8, 4) is 0 Å². The molecule has 322 valence electrons. The molecule has 2 aliphatic heterocycles. The Bertz CT molecular complexity index is 2240. The molecule has 8 heteroatoms. The summed E-state index contributed by atoms with van der Waals surface area (Å²) in [5, 5.41) is 0. The first-order valence-electron chi connectivity index (χ1n) is 22.2. The standard InChI is InChI=1S/C54H66N8/c1-33-25-41-42(26-34(33)2)60(38-18-22-46(56-30-38)52(8,9)10)49(59(41)37-17-21-45(55-29-37)51(5,6)7)50-61(39-19-23-47(57-31-39)53(11,12)13)43-27-35(3)36(4)28-44(43)62(50)40-20-24-48(58-32-40)54(14,15)16/h17-32,49-50H,1-16H3. The highest BCUT2D eigenvalue weighted by atomic mass is 15.5. The highest BCUT2D eigenvalue weighted by Gasteiger charge is 2.52. The average Bonchev–Trinajstić information content (AvgIpc) is 3.68. The predicted octanol–water partition coefficient (Wildman–Crippen LogP) is 13.6. The van der Waals surface area contributed by atoms with Crippen LogP contribution < -0.4 is 19.6 Å². The SMILES string of the molecule is Cc1cc2c(cc1C)N(c1ccc(C(C)(C)C)nc1)C(C1N(c3ccc(C(C)(C)C)nc3)c3cc(C)c(C)cc3N1c1ccc(C(C)(C)C)nc1)N2c1ccc(C(C)(C)C)nc1. The molecule has 8 rings (SSSR count). The minimum atomic E-state index is -0.353. The van der Waals surface area contributed by atoms with Gasteiger partial charge < -0.3 is 19.6 Å². The molecule has 0 spiro atoms. The lowest BCUT2D eigenvalue weighted by atomic mass is 9.91. The molecule has 0 aliphatic carbocycles. The van der Waals surface area contributed by atoms with Crippen molar-refractivity contribution in [3.05, 3.63) is 143 Å². The largest absolute Gasteiger partial charge is 0.313 e. The minimum absolute atomic E-state index is 0.101. The summed E-state index contributed by atoms with van der Waals surface area (Å²) in [5.41, 5.74) is 17.2. The lowest BCUT2D eigenvalue weighted by Crippen LogP contribution is -2.58. The summed E-state index contributed by atoms with van der Waals surface area (Å²) >= 11 is 0. The molecule has 2 aromatic carbocycles. The summed E-state index contributed by atoms with van der Waals surface area (Å²) in [4.78, 5) is 30.7. The van der Waals surface area contributed by atoms with Crippen LogP contribution in [0, 0.1) is 27.7 Å². The molecule has 2 aliphatic rings. The van der Waals surface area contributed by atoms with E-state index in [1.54, 1.807) is 0 Å². The van der Waals surface area contributed by atoms with Crippen LogP contribution in [0.1, 0.15) is 128 Å². The fourth-order valence-corrected chi connectivity index (χ4v) is 8.73. The lowest BCUT2D eigenvalue weighted by Gasteiger charge is -2.44. The van der Waals surface area contributed by atoms with E-state index < -0.39 is 0 Å². The van der Waals surface area contributed by atoms with Gasteiger partial charge in [0.15, 0.2) is 12.3 Å². The molecule has 0 saturated carbocycles. The van der Waals surface area contributed by atoms with Gasteiger partial charge in [-0.2, -0.15) is 0 Å². The highest BCUT2D eigenvalue weighted by Crippen LogP contribution is 2.57. The average molecular weight is 827 g/mol. The van der Waals surface area contributed by atoms with Crippen molar-refractivity contribution in [3.63, 3.8) is 0 Å². The number of nitrogens with zero attached hydrogens (tertiary/aromatic N) is 8. The van der Waals surface area contributed by atoms with Crippen LogP contribution in [-0.2, 0) is 21.7 Å². The second kappa shape index (κ2) is 15.0. The molecule has 62 heavy (non-hydrogen) atoms. The normalized spacial score (nSPS) is 15.2. The zero-order chi connectivity index (χ0) is 44.8. The van der Waals surface area contributed by atoms with E-state index in [-0.39, 0.29) is 34.0 Å². The van der Waals surface area contributed by atoms with Gasteiger partial charge in [0.25, 0.3) is 0 Å². The number of rotatable bonds is 5. The second-order valence-electron chi connectivity index (χ2n) is 21.8. The topological polar surface area (TPSA) is 64.5 Å². The van der Waals surface area contributed by atoms with Gasteiger partial charge in [-0.1, -0.05) is 83.1 Å². The molecule has 6 aromatic rings. The fourth-order valence-electron chi connectivity index (χ4n) is 8.73. The Hall–Kier alpha value is -5.76. The van der Waals surface area contributed by atoms with Gasteiger partial charge in [0.2, 0.25) is 0 Å². The molecular formula is C54H66N8. The third kappa shape index (κ3) is 7.60. The summed E-state index contributed by atoms with van der Waals surface area (Å²) in [6, 6.07) is 27.3. The zero-order valence-corrected chi connectivity index (χ0v) is 40.0. The Morgan fingerprint density at radius 3 is 0.661 bits per heavy atom. The molecule has 0 unspecified atom stereocenters. The molecular weight excluding hydrogens is 761 g/mol. The van der Waals surface area contributed by atoms with Gasteiger partial charge >= 0.3 is 0 Å². The summed E-state index contributed by atoms with van der Waals surface area (Å²) < 4.78 is 0. The van der Waals surface area contributed by atoms with Crippen LogP contribution in [0.4, 0.5) is 45.5 Å². The monoisotopic (exact) mass is 827 g/mol. The number of hydrogen-bond donors (Lipinski definition) is 0. The van der Waals surface area contributed by atoms with Crippen molar-refractivity contribution in [2.45, 2.75) is 145 Å². The molecule has 0 radical (unpaired) electrons. The van der Waals surface area contributed by atoms with Crippen LogP contribution in [0.5, 0.6) is 0 Å². The molecule has 0 amide bonds. The van der Waals surface area contributed by atoms with Gasteiger partial charge in [0.1, 0.15) is 0 Å². The summed E-state index contributed by atoms with van der Waals surface area (Å²) in [7, 11) is 0. The van der Waals surface area contributed by atoms with Crippen molar-refractivity contribution in [2.24, 2.45) is 0 Å². The van der Waals surface area contributed by atoms with E-state index in [2.05, 4.69) is 228 Å². The van der Waals surface area contributed by atoms with Crippen molar-refractivity contribution in [2.75, 3.05) is 19.6 Å². The van der Waals surface area contributed by atoms with Crippen LogP contribution in [0.3, 0.4) is 0 Å². The lowest BCUT2D eigenvalue weighted by molar-refractivity contribution is 0.542. The molecule has 0 N–H and O–H groups in total. The van der Waals surface area contributed by atoms with Crippen molar-refractivity contribution in [1.29, 1.82) is 0 Å². The first-order chi connectivity index (χ1) is 28.9. The van der Waals surface area contributed by atoms with Gasteiger partial charge in [0, 0.05) is 44.4 Å². The first kappa shape index (κ1) is 42.9. The highest BCUT2D eigenvalue weighted by molar-refractivity contribution is 5.94. The van der Waals surface area contributed by atoms with E-state index in [1.165, 1.54) is 22.3 Å². The van der Waals surface area contributed by atoms with Gasteiger partial charge in [-0.05, 0) is 123 Å². The Kier molecular flexibility index (Phi) is 10.4. The number of benzene rings is 2. The zero-order valence-electron chi connectivity index (χ0n) is 40.0. The van der Waals surface area contributed by atoms with Crippen LogP contribution in [0.15, 0.2) is 97.6 Å². The van der Waals surface area contributed by atoms with E-state index in [4.69, 9.17) is 19.9 Å². The third-order valence-electron chi connectivity index (χ3n) is 12.7. The molecule has 0 bridgehead atoms. The Morgan fingerprint density at radius 2 is 0.516 bits per heavy atom. The molecule has 8 nitrogen and oxygen atoms in total. The maximum Gasteiger partial charge on any atom is 0.151 e. The van der Waals surface area contributed by atoms with Crippen LogP contribution in [0.25, 0.3) is 0 Å². The Morgan fingerprint density at radius 1 is 0.323 bits per heavy atom. The van der Waals surface area contributed by atoms with E-state index in [9.17, 15) is 0 Å². The van der Waals surface area contributed by atoms with Gasteiger partial charge in [0.05, 0.1) is 70.3 Å². The summed E-state index contributed by atoms with van der Waals surface area (Å²) in [5.74, 6) is 0. The van der Waals surface area contributed by atoms with Gasteiger partial charge in [-0.15, -0.1) is 0 Å². The summed E-state index contributed by atoms with van der Waals surface area (Å²) in [6.45, 7) is 35.5. The first-order valence-corrected chi connectivity index (χ1v) is 22.2. The number of hydrogen-bond acceptors (Lipinski definition) is 8. The van der Waals surface area contributed by atoms with Crippen molar-refractivity contribution < 1.29 is 0 Å². The van der Waals surface area contributed by atoms with Crippen LogP contribution in [-0.4, -0.2) is 32.3 Å². The molecule has 4 aromatic heterocycles. The number of fused-ring (bicyclic) bond motifs is 2. The summed E-state index contributed by atoms with van der Waals surface area (Å²) in [6.07, 6.45) is 7.58. The number of anilines is 8. The van der Waals surface area contributed by atoms with E-state index in [1.807, 2.05) is 0 Å². The number of aryl methyl sites for hydroxylation is 4. The van der Waals surface area contributed by atoms with Crippen molar-refractivity contribution >= 4 is 45.5 Å². The molecule has 0 saturated heterocycles. The van der Waals surface area contributed by atoms with E-state index in [0.29, 0.717) is 0 Å².